The third kappa shape index (κ3) is 3.50. The number of benzene rings is 2. The van der Waals surface area contributed by atoms with E-state index in [1.165, 1.54) is 6.07 Å². The van der Waals surface area contributed by atoms with Gasteiger partial charge in [0.15, 0.2) is 5.75 Å². The Morgan fingerprint density at radius 3 is 2.65 bits per heavy atom. The van der Waals surface area contributed by atoms with Crippen molar-refractivity contribution in [2.75, 3.05) is 5.32 Å². The van der Waals surface area contributed by atoms with Crippen LogP contribution in [0.5, 0.6) is 5.75 Å². The van der Waals surface area contributed by atoms with Gasteiger partial charge in [-0.2, -0.15) is 0 Å². The summed E-state index contributed by atoms with van der Waals surface area (Å²) in [5.41, 5.74) is 0.893. The molecule has 3 aromatic rings. The zero-order valence-electron chi connectivity index (χ0n) is 11.5. The highest BCUT2D eigenvalue weighted by atomic mass is 35.5. The zero-order chi connectivity index (χ0) is 16.4. The van der Waals surface area contributed by atoms with Crippen LogP contribution in [-0.4, -0.2) is 11.1 Å². The van der Waals surface area contributed by atoms with Crippen molar-refractivity contribution in [3.05, 3.63) is 63.7 Å². The molecule has 1 amide bonds. The van der Waals surface area contributed by atoms with E-state index >= 15 is 0 Å². The van der Waals surface area contributed by atoms with Crippen LogP contribution in [0, 0.1) is 0 Å². The average Bonchev–Trinajstić information content (AvgIpc) is 2.53. The van der Waals surface area contributed by atoms with Crippen molar-refractivity contribution >= 4 is 57.5 Å². The Kier molecular flexibility index (Phi) is 4.57. The Hall–Kier alpha value is -2.01. The first-order valence-corrected chi connectivity index (χ1v) is 7.65. The molecule has 4 nitrogen and oxygen atoms in total. The van der Waals surface area contributed by atoms with E-state index in [9.17, 15) is 4.79 Å². The van der Waals surface area contributed by atoms with Gasteiger partial charge in [-0.3, -0.25) is 10.3 Å². The molecular weight excluding hydrogens is 359 g/mol. The van der Waals surface area contributed by atoms with Crippen molar-refractivity contribution in [3.63, 3.8) is 0 Å². The van der Waals surface area contributed by atoms with Gasteiger partial charge in [0, 0.05) is 16.6 Å². The number of hydrogen-bond acceptors (Lipinski definition) is 3. The minimum atomic E-state index is -0.691. The minimum absolute atomic E-state index is 0.299. The molecule has 2 aromatic carbocycles. The number of nitrogens with zero attached hydrogens (tertiary/aromatic N) is 1. The summed E-state index contributed by atoms with van der Waals surface area (Å²) >= 11 is 17.9. The number of amides is 1. The largest absolute Gasteiger partial charge is 0.417 e. The van der Waals surface area contributed by atoms with E-state index in [1.54, 1.807) is 42.6 Å². The number of fused-ring (bicyclic) bond motifs is 1. The second kappa shape index (κ2) is 6.62. The molecule has 1 heterocycles. The van der Waals surface area contributed by atoms with Crippen LogP contribution in [-0.2, 0) is 0 Å². The van der Waals surface area contributed by atoms with Gasteiger partial charge in [-0.25, -0.2) is 4.79 Å². The number of halogens is 3. The summed E-state index contributed by atoms with van der Waals surface area (Å²) in [5.74, 6) is 0.299. The first-order chi connectivity index (χ1) is 11.0. The first kappa shape index (κ1) is 15.9. The summed E-state index contributed by atoms with van der Waals surface area (Å²) in [5, 5.41) is 4.57. The third-order valence-electron chi connectivity index (χ3n) is 3.05. The molecule has 7 heteroatoms. The molecule has 116 valence electrons. The van der Waals surface area contributed by atoms with Crippen LogP contribution in [0.4, 0.5) is 10.5 Å². The summed E-state index contributed by atoms with van der Waals surface area (Å²) in [6, 6.07) is 11.5. The number of pyridine rings is 1. The normalized spacial score (nSPS) is 10.6. The van der Waals surface area contributed by atoms with Crippen LogP contribution in [0.3, 0.4) is 0 Å². The monoisotopic (exact) mass is 366 g/mol. The first-order valence-electron chi connectivity index (χ1n) is 6.52. The van der Waals surface area contributed by atoms with Crippen LogP contribution in [0.25, 0.3) is 10.9 Å². The summed E-state index contributed by atoms with van der Waals surface area (Å²) in [6.07, 6.45) is 0.906. The minimum Gasteiger partial charge on any atom is -0.408 e. The number of ether oxygens (including phenoxy) is 1. The van der Waals surface area contributed by atoms with Crippen LogP contribution >= 0.6 is 34.8 Å². The van der Waals surface area contributed by atoms with Crippen molar-refractivity contribution in [2.45, 2.75) is 0 Å². The number of nitrogens with one attached hydrogen (secondary N) is 1. The molecule has 3 rings (SSSR count). The maximum atomic E-state index is 12.1. The summed E-state index contributed by atoms with van der Waals surface area (Å²) < 4.78 is 5.31. The van der Waals surface area contributed by atoms with Crippen LogP contribution < -0.4 is 10.1 Å². The van der Waals surface area contributed by atoms with E-state index in [1.807, 2.05) is 0 Å². The smallest absolute Gasteiger partial charge is 0.408 e. The number of carbonyl (C=O) groups is 1. The zero-order valence-corrected chi connectivity index (χ0v) is 13.8. The molecule has 0 radical (unpaired) electrons. The summed E-state index contributed by atoms with van der Waals surface area (Å²) in [7, 11) is 0. The van der Waals surface area contributed by atoms with E-state index in [-0.39, 0.29) is 0 Å². The fraction of sp³-hybridized carbons (Fsp3) is 0. The predicted octanol–water partition coefficient (Wildman–Crippen LogP) is 5.81. The molecule has 0 aliphatic rings. The average molecular weight is 368 g/mol. The van der Waals surface area contributed by atoms with E-state index in [0.717, 1.165) is 0 Å². The van der Waals surface area contributed by atoms with Gasteiger partial charge in [0.1, 0.15) is 5.52 Å². The molecule has 0 fully saturated rings. The Bertz CT molecular complexity index is 900. The molecule has 1 N–H and O–H groups in total. The van der Waals surface area contributed by atoms with Crippen molar-refractivity contribution in [2.24, 2.45) is 0 Å². The van der Waals surface area contributed by atoms with Crippen LogP contribution in [0.2, 0.25) is 15.1 Å². The molecule has 0 bridgehead atoms. The summed E-state index contributed by atoms with van der Waals surface area (Å²) in [4.78, 5) is 16.3. The molecule has 0 saturated heterocycles. The Balaban J connectivity index is 1.85. The molecule has 1 aromatic heterocycles. The fourth-order valence-corrected chi connectivity index (χ4v) is 2.69. The second-order valence-electron chi connectivity index (χ2n) is 4.58. The SMILES string of the molecule is O=C(Nc1ccc(Cl)cc1Cl)Oc1ccc(Cl)c2cccnc12. The van der Waals surface area contributed by atoms with E-state index in [2.05, 4.69) is 10.3 Å². The van der Waals surface area contributed by atoms with Crippen molar-refractivity contribution in [3.8, 4) is 5.75 Å². The van der Waals surface area contributed by atoms with Crippen molar-refractivity contribution < 1.29 is 9.53 Å². The van der Waals surface area contributed by atoms with Gasteiger partial charge < -0.3 is 4.74 Å². The van der Waals surface area contributed by atoms with Gasteiger partial charge >= 0.3 is 6.09 Å². The second-order valence-corrected chi connectivity index (χ2v) is 5.83. The van der Waals surface area contributed by atoms with Gasteiger partial charge in [0.2, 0.25) is 0 Å². The molecule has 0 spiro atoms. The molecule has 0 unspecified atom stereocenters. The van der Waals surface area contributed by atoms with Gasteiger partial charge in [0.25, 0.3) is 0 Å². The number of aromatic nitrogens is 1. The Morgan fingerprint density at radius 1 is 1.04 bits per heavy atom. The number of anilines is 1. The maximum absolute atomic E-state index is 12.1. The number of rotatable bonds is 2. The molecule has 0 saturated carbocycles. The van der Waals surface area contributed by atoms with Crippen LogP contribution in [0.1, 0.15) is 0 Å². The predicted molar refractivity (Wildman–Crippen MR) is 92.9 cm³/mol. The molecular formula is C16H9Cl3N2O2. The summed E-state index contributed by atoms with van der Waals surface area (Å²) in [6.45, 7) is 0. The van der Waals surface area contributed by atoms with Gasteiger partial charge in [-0.15, -0.1) is 0 Å². The Morgan fingerprint density at radius 2 is 1.87 bits per heavy atom. The highest BCUT2D eigenvalue weighted by Crippen LogP contribution is 2.30. The number of carbonyl (C=O) groups excluding carboxylic acids is 1. The lowest BCUT2D eigenvalue weighted by atomic mass is 10.2. The van der Waals surface area contributed by atoms with E-state index in [4.69, 9.17) is 39.5 Å². The standard InChI is InChI=1S/C16H9Cl3N2O2/c17-9-3-5-13(12(19)8-9)21-16(22)23-14-6-4-11(18)10-2-1-7-20-15(10)14/h1-8H,(H,21,22). The molecule has 0 atom stereocenters. The van der Waals surface area contributed by atoms with Crippen LogP contribution in [0.15, 0.2) is 48.7 Å². The lowest BCUT2D eigenvalue weighted by molar-refractivity contribution is 0.215. The molecule has 0 aliphatic carbocycles. The third-order valence-corrected chi connectivity index (χ3v) is 3.93. The lowest BCUT2D eigenvalue weighted by Crippen LogP contribution is -2.17. The van der Waals surface area contributed by atoms with Gasteiger partial charge in [0.05, 0.1) is 15.7 Å². The fourth-order valence-electron chi connectivity index (χ4n) is 2.02. The molecule has 0 aliphatic heterocycles. The van der Waals surface area contributed by atoms with E-state index < -0.39 is 6.09 Å². The quantitative estimate of drug-likeness (QED) is 0.622. The molecule has 23 heavy (non-hydrogen) atoms. The van der Waals surface area contributed by atoms with Gasteiger partial charge in [-0.1, -0.05) is 34.8 Å². The lowest BCUT2D eigenvalue weighted by Gasteiger charge is -2.10. The topological polar surface area (TPSA) is 51.2 Å². The highest BCUT2D eigenvalue weighted by Gasteiger charge is 2.12. The van der Waals surface area contributed by atoms with E-state index in [0.29, 0.717) is 37.4 Å². The highest BCUT2D eigenvalue weighted by molar-refractivity contribution is 6.37. The Labute approximate surface area is 146 Å². The van der Waals surface area contributed by atoms with Crippen molar-refractivity contribution in [1.29, 1.82) is 0 Å². The van der Waals surface area contributed by atoms with Gasteiger partial charge in [-0.05, 0) is 42.5 Å². The number of hydrogen-bond donors (Lipinski definition) is 1. The van der Waals surface area contributed by atoms with Crippen molar-refractivity contribution in [1.82, 2.24) is 4.98 Å². The maximum Gasteiger partial charge on any atom is 0.417 e.